The molecule has 0 aliphatic carbocycles. The summed E-state index contributed by atoms with van der Waals surface area (Å²) in [4.78, 5) is 2.55. The molecule has 0 spiro atoms. The van der Waals surface area contributed by atoms with Crippen LogP contribution < -0.4 is 10.5 Å². The molecule has 1 aromatic rings. The van der Waals surface area contributed by atoms with E-state index in [4.69, 9.17) is 10.5 Å². The van der Waals surface area contributed by atoms with Gasteiger partial charge >= 0.3 is 0 Å². The molecular weight excluding hydrogens is 284 g/mol. The molecule has 0 saturated carbocycles. The highest BCUT2D eigenvalue weighted by molar-refractivity contribution is 5.50. The fraction of sp³-hybridized carbons (Fsp3) is 0.700. The third-order valence-corrected chi connectivity index (χ3v) is 5.19. The van der Waals surface area contributed by atoms with E-state index in [0.717, 1.165) is 29.7 Å². The number of nitrogens with zero attached hydrogens (tertiary/aromatic N) is 1. The number of anilines is 1. The maximum absolute atomic E-state index is 6.16. The Balaban J connectivity index is 1.93. The number of aryl methyl sites for hydroxylation is 1. The number of ether oxygens (including phenoxy) is 1. The number of hydrogen-bond donors (Lipinski definition) is 1. The smallest absolute Gasteiger partial charge is 0.120 e. The van der Waals surface area contributed by atoms with Gasteiger partial charge in [0.25, 0.3) is 0 Å². The first-order valence-electron chi connectivity index (χ1n) is 9.12. The molecule has 3 heteroatoms. The van der Waals surface area contributed by atoms with E-state index < -0.39 is 0 Å². The van der Waals surface area contributed by atoms with Crippen molar-refractivity contribution in [2.24, 2.45) is 11.8 Å². The maximum Gasteiger partial charge on any atom is 0.120 e. The van der Waals surface area contributed by atoms with E-state index in [1.54, 1.807) is 0 Å². The number of hydrogen-bond acceptors (Lipinski definition) is 3. The number of benzene rings is 1. The lowest BCUT2D eigenvalue weighted by molar-refractivity contribution is 0.108. The van der Waals surface area contributed by atoms with E-state index in [2.05, 4.69) is 45.7 Å². The minimum absolute atomic E-state index is 0.198. The van der Waals surface area contributed by atoms with Gasteiger partial charge in [-0.15, -0.1) is 0 Å². The molecule has 1 aliphatic heterocycles. The summed E-state index contributed by atoms with van der Waals surface area (Å²) in [6.45, 7) is 10.0. The normalized spacial score (nSPS) is 22.7. The van der Waals surface area contributed by atoms with Crippen LogP contribution in [0.5, 0.6) is 5.75 Å². The number of piperidine rings is 1. The van der Waals surface area contributed by atoms with Crippen LogP contribution in [0, 0.1) is 11.8 Å². The molecule has 0 bridgehead atoms. The molecule has 130 valence electrons. The van der Waals surface area contributed by atoms with Crippen molar-refractivity contribution in [2.75, 3.05) is 19.3 Å². The first-order chi connectivity index (χ1) is 10.9. The van der Waals surface area contributed by atoms with Crippen LogP contribution in [0.4, 0.5) is 5.69 Å². The van der Waals surface area contributed by atoms with E-state index in [1.807, 2.05) is 12.1 Å². The lowest BCUT2D eigenvalue weighted by Crippen LogP contribution is -2.42. The number of nitrogens with two attached hydrogens (primary N) is 1. The summed E-state index contributed by atoms with van der Waals surface area (Å²) in [5.74, 6) is 2.57. The summed E-state index contributed by atoms with van der Waals surface area (Å²) >= 11 is 0. The zero-order valence-electron chi connectivity index (χ0n) is 15.5. The standard InChI is InChI=1S/C20H34N2O/c1-14(2)17-7-9-18(22(5)13-17)8-6-16-12-19(23-15(3)4)10-11-20(16)21/h10-12,14-15,17-18H,6-9,13,21H2,1-5H3. The van der Waals surface area contributed by atoms with Gasteiger partial charge < -0.3 is 15.4 Å². The van der Waals surface area contributed by atoms with Crippen molar-refractivity contribution >= 4 is 5.69 Å². The van der Waals surface area contributed by atoms with E-state index in [-0.39, 0.29) is 6.10 Å². The average Bonchev–Trinajstić information content (AvgIpc) is 2.48. The van der Waals surface area contributed by atoms with E-state index in [9.17, 15) is 0 Å². The predicted molar refractivity (Wildman–Crippen MR) is 98.9 cm³/mol. The summed E-state index contributed by atoms with van der Waals surface area (Å²) in [7, 11) is 2.28. The third-order valence-electron chi connectivity index (χ3n) is 5.19. The maximum atomic E-state index is 6.16. The fourth-order valence-corrected chi connectivity index (χ4v) is 3.61. The van der Waals surface area contributed by atoms with E-state index in [1.165, 1.54) is 31.4 Å². The zero-order chi connectivity index (χ0) is 17.0. The lowest BCUT2D eigenvalue weighted by Gasteiger charge is -2.39. The molecule has 1 fully saturated rings. The van der Waals surface area contributed by atoms with Crippen molar-refractivity contribution < 1.29 is 4.74 Å². The quantitative estimate of drug-likeness (QED) is 0.792. The average molecular weight is 319 g/mol. The van der Waals surface area contributed by atoms with Crippen LogP contribution >= 0.6 is 0 Å². The number of nitrogen functional groups attached to an aromatic ring is 1. The molecule has 1 aromatic carbocycles. The van der Waals surface area contributed by atoms with Crippen molar-refractivity contribution in [1.29, 1.82) is 0 Å². The Bertz CT molecular complexity index is 498. The van der Waals surface area contributed by atoms with E-state index in [0.29, 0.717) is 6.04 Å². The molecule has 3 nitrogen and oxygen atoms in total. The van der Waals surface area contributed by atoms with Gasteiger partial charge in [0.2, 0.25) is 0 Å². The Morgan fingerprint density at radius 2 is 1.96 bits per heavy atom. The molecule has 0 amide bonds. The van der Waals surface area contributed by atoms with Crippen LogP contribution in [0.3, 0.4) is 0 Å². The summed E-state index contributed by atoms with van der Waals surface area (Å²) in [5, 5.41) is 0. The SMILES string of the molecule is CC(C)Oc1ccc(N)c(CCC2CCC(C(C)C)CN2C)c1. The summed E-state index contributed by atoms with van der Waals surface area (Å²) in [6.07, 6.45) is 5.07. The van der Waals surface area contributed by atoms with Crippen molar-refractivity contribution in [3.63, 3.8) is 0 Å². The Morgan fingerprint density at radius 1 is 1.22 bits per heavy atom. The summed E-state index contributed by atoms with van der Waals surface area (Å²) < 4.78 is 5.80. The van der Waals surface area contributed by atoms with Gasteiger partial charge in [0.05, 0.1) is 6.10 Å². The minimum Gasteiger partial charge on any atom is -0.491 e. The molecule has 23 heavy (non-hydrogen) atoms. The van der Waals surface area contributed by atoms with Crippen LogP contribution in [-0.4, -0.2) is 30.6 Å². The Morgan fingerprint density at radius 3 is 2.57 bits per heavy atom. The molecule has 0 aromatic heterocycles. The second kappa shape index (κ2) is 8.05. The second-order valence-corrected chi connectivity index (χ2v) is 7.74. The Kier molecular flexibility index (Phi) is 6.34. The highest BCUT2D eigenvalue weighted by Crippen LogP contribution is 2.29. The van der Waals surface area contributed by atoms with Gasteiger partial charge in [0.15, 0.2) is 0 Å². The lowest BCUT2D eigenvalue weighted by atomic mass is 9.84. The van der Waals surface area contributed by atoms with Crippen LogP contribution in [0.15, 0.2) is 18.2 Å². The first kappa shape index (κ1) is 18.1. The van der Waals surface area contributed by atoms with Gasteiger partial charge in [-0.1, -0.05) is 13.8 Å². The molecule has 2 atom stereocenters. The number of likely N-dealkylation sites (tertiary alicyclic amines) is 1. The van der Waals surface area contributed by atoms with Crippen LogP contribution in [-0.2, 0) is 6.42 Å². The largest absolute Gasteiger partial charge is 0.491 e. The molecule has 0 radical (unpaired) electrons. The van der Waals surface area contributed by atoms with Crippen LogP contribution in [0.25, 0.3) is 0 Å². The van der Waals surface area contributed by atoms with Crippen molar-refractivity contribution in [2.45, 2.75) is 65.5 Å². The monoisotopic (exact) mass is 318 g/mol. The Labute approximate surface area is 142 Å². The predicted octanol–water partition coefficient (Wildman–Crippen LogP) is 4.36. The molecule has 2 unspecified atom stereocenters. The van der Waals surface area contributed by atoms with Gasteiger partial charge in [-0.25, -0.2) is 0 Å². The van der Waals surface area contributed by atoms with Gasteiger partial charge in [0, 0.05) is 18.3 Å². The van der Waals surface area contributed by atoms with Gasteiger partial charge in [0.1, 0.15) is 5.75 Å². The molecule has 2 rings (SSSR count). The van der Waals surface area contributed by atoms with Crippen LogP contribution in [0.2, 0.25) is 0 Å². The summed E-state index contributed by atoms with van der Waals surface area (Å²) in [5.41, 5.74) is 8.28. The first-order valence-corrected chi connectivity index (χ1v) is 9.12. The summed E-state index contributed by atoms with van der Waals surface area (Å²) in [6, 6.07) is 6.75. The van der Waals surface area contributed by atoms with Gasteiger partial charge in [-0.2, -0.15) is 0 Å². The van der Waals surface area contributed by atoms with Gasteiger partial charge in [-0.3, -0.25) is 0 Å². The molecular formula is C20H34N2O. The van der Waals surface area contributed by atoms with Crippen molar-refractivity contribution in [3.8, 4) is 5.75 Å². The van der Waals surface area contributed by atoms with Gasteiger partial charge in [-0.05, 0) is 82.2 Å². The van der Waals surface area contributed by atoms with Crippen molar-refractivity contribution in [1.82, 2.24) is 4.90 Å². The third kappa shape index (κ3) is 5.13. The molecule has 1 saturated heterocycles. The Hall–Kier alpha value is -1.22. The number of rotatable bonds is 6. The highest BCUT2D eigenvalue weighted by atomic mass is 16.5. The molecule has 1 heterocycles. The molecule has 1 aliphatic rings. The van der Waals surface area contributed by atoms with E-state index >= 15 is 0 Å². The highest BCUT2D eigenvalue weighted by Gasteiger charge is 2.27. The van der Waals surface area contributed by atoms with Crippen molar-refractivity contribution in [3.05, 3.63) is 23.8 Å². The molecule has 2 N–H and O–H groups in total. The topological polar surface area (TPSA) is 38.5 Å². The zero-order valence-corrected chi connectivity index (χ0v) is 15.5. The fourth-order valence-electron chi connectivity index (χ4n) is 3.61. The minimum atomic E-state index is 0.198. The second-order valence-electron chi connectivity index (χ2n) is 7.74. The van der Waals surface area contributed by atoms with Crippen LogP contribution in [0.1, 0.15) is 52.5 Å².